The number of nitrogens with one attached hydrogen (secondary N) is 1. The van der Waals surface area contributed by atoms with Gasteiger partial charge in [-0.15, -0.1) is 0 Å². The number of para-hydroxylation sites is 1. The van der Waals surface area contributed by atoms with Gasteiger partial charge in [0.1, 0.15) is 4.99 Å². The molecule has 0 amide bonds. The maximum atomic E-state index is 5.69. The molecule has 0 radical (unpaired) electrons. The molecule has 1 atom stereocenters. The Hall–Kier alpha value is -1.56. The Morgan fingerprint density at radius 3 is 2.41 bits per heavy atom. The van der Waals surface area contributed by atoms with Crippen molar-refractivity contribution in [1.82, 2.24) is 10.2 Å². The second-order valence-electron chi connectivity index (χ2n) is 8.06. The van der Waals surface area contributed by atoms with Crippen LogP contribution in [-0.4, -0.2) is 42.1 Å². The van der Waals surface area contributed by atoms with Crippen LogP contribution in [0.1, 0.15) is 40.2 Å². The highest BCUT2D eigenvalue weighted by molar-refractivity contribution is 7.99. The maximum absolute atomic E-state index is 5.69. The average molecular weight is 428 g/mol. The summed E-state index contributed by atoms with van der Waals surface area (Å²) in [5, 5.41) is 3.42. The first-order chi connectivity index (χ1) is 13.9. The molecule has 29 heavy (non-hydrogen) atoms. The highest BCUT2D eigenvalue weighted by Crippen LogP contribution is 2.49. The Morgan fingerprint density at radius 1 is 1.03 bits per heavy atom. The maximum Gasteiger partial charge on any atom is 0.106 e. The van der Waals surface area contributed by atoms with Gasteiger partial charge in [-0.25, -0.2) is 0 Å². The number of hydrogen-bond donors (Lipinski definition) is 1. The van der Waals surface area contributed by atoms with Gasteiger partial charge >= 0.3 is 0 Å². The van der Waals surface area contributed by atoms with E-state index in [-0.39, 0.29) is 0 Å². The summed E-state index contributed by atoms with van der Waals surface area (Å²) in [6, 6.07) is 15.8. The van der Waals surface area contributed by atoms with Crippen LogP contribution in [0.2, 0.25) is 0 Å². The summed E-state index contributed by atoms with van der Waals surface area (Å²) in [5.74, 6) is 0.568. The van der Waals surface area contributed by atoms with Crippen molar-refractivity contribution in [3.05, 3.63) is 48.0 Å². The molecule has 1 aliphatic heterocycles. The molecule has 0 fully saturated rings. The zero-order valence-electron chi connectivity index (χ0n) is 18.2. The first kappa shape index (κ1) is 22.1. The lowest BCUT2D eigenvalue weighted by molar-refractivity contribution is 0.288. The minimum atomic E-state index is 0.364. The van der Waals surface area contributed by atoms with Gasteiger partial charge in [-0.3, -0.25) is 0 Å². The third-order valence-corrected chi connectivity index (χ3v) is 6.86. The molecule has 5 heteroatoms. The van der Waals surface area contributed by atoms with Gasteiger partial charge < -0.3 is 15.1 Å². The fourth-order valence-corrected chi connectivity index (χ4v) is 5.00. The van der Waals surface area contributed by atoms with E-state index in [2.05, 4.69) is 92.2 Å². The van der Waals surface area contributed by atoms with Crippen LogP contribution in [0.5, 0.6) is 0 Å². The molecule has 156 valence electrons. The highest BCUT2D eigenvalue weighted by Gasteiger charge is 2.28. The van der Waals surface area contributed by atoms with Crippen LogP contribution in [0.25, 0.3) is 0 Å². The van der Waals surface area contributed by atoms with Crippen molar-refractivity contribution < 1.29 is 0 Å². The Balaban J connectivity index is 1.97. The Kier molecular flexibility index (Phi) is 7.60. The third kappa shape index (κ3) is 5.14. The van der Waals surface area contributed by atoms with Gasteiger partial charge in [-0.2, -0.15) is 0 Å². The quantitative estimate of drug-likeness (QED) is 0.524. The smallest absolute Gasteiger partial charge is 0.106 e. The Bertz CT molecular complexity index is 846. The molecule has 3 rings (SSSR count). The number of fused-ring (bicyclic) bond motifs is 2. The van der Waals surface area contributed by atoms with Crippen LogP contribution >= 0.6 is 24.0 Å². The van der Waals surface area contributed by atoms with Crippen molar-refractivity contribution in [3.63, 3.8) is 0 Å². The van der Waals surface area contributed by atoms with E-state index in [9.17, 15) is 0 Å². The normalized spacial score (nSPS) is 14.0. The number of anilines is 2. The number of rotatable bonds is 8. The van der Waals surface area contributed by atoms with E-state index in [0.717, 1.165) is 36.7 Å². The van der Waals surface area contributed by atoms with Crippen molar-refractivity contribution in [3.8, 4) is 0 Å². The number of nitrogens with zero attached hydrogens (tertiary/aromatic N) is 2. The van der Waals surface area contributed by atoms with E-state index in [4.69, 9.17) is 12.2 Å². The summed E-state index contributed by atoms with van der Waals surface area (Å²) in [6.07, 6.45) is 0. The first-order valence-electron chi connectivity index (χ1n) is 10.6. The fourth-order valence-electron chi connectivity index (χ4n) is 3.73. The van der Waals surface area contributed by atoms with Gasteiger partial charge in [0.15, 0.2) is 0 Å². The van der Waals surface area contributed by atoms with Crippen LogP contribution in [-0.2, 0) is 0 Å². The monoisotopic (exact) mass is 427 g/mol. The van der Waals surface area contributed by atoms with Gasteiger partial charge in [0, 0.05) is 34.5 Å². The zero-order valence-corrected chi connectivity index (χ0v) is 19.9. The number of likely N-dealkylation sites (N-methyl/N-ethyl adjacent to an activating group) is 1. The summed E-state index contributed by atoms with van der Waals surface area (Å²) in [4.78, 5) is 8.45. The van der Waals surface area contributed by atoms with E-state index in [1.165, 1.54) is 21.2 Å². The average Bonchev–Trinajstić information content (AvgIpc) is 2.73. The molecule has 1 aliphatic rings. The van der Waals surface area contributed by atoms with Gasteiger partial charge in [-0.05, 0) is 50.2 Å². The SMILES string of the molecule is CCN(CC)CC(C)N1c2ccccc2Sc2ccc(C(=S)NCC(C)C)cc21. The number of thiocarbonyl (C=S) groups is 1. The number of hydrogen-bond acceptors (Lipinski definition) is 4. The molecule has 0 saturated carbocycles. The van der Waals surface area contributed by atoms with Crippen molar-refractivity contribution in [2.45, 2.75) is 50.5 Å². The molecule has 0 bridgehead atoms. The van der Waals surface area contributed by atoms with Crippen molar-refractivity contribution in [1.29, 1.82) is 0 Å². The third-order valence-electron chi connectivity index (χ3n) is 5.35. The van der Waals surface area contributed by atoms with Crippen molar-refractivity contribution in [2.24, 2.45) is 5.92 Å². The second-order valence-corrected chi connectivity index (χ2v) is 9.55. The summed E-state index contributed by atoms with van der Waals surface area (Å²) in [5.41, 5.74) is 3.65. The van der Waals surface area contributed by atoms with Gasteiger partial charge in [0.05, 0.1) is 11.4 Å². The van der Waals surface area contributed by atoms with Crippen LogP contribution in [0, 0.1) is 5.92 Å². The topological polar surface area (TPSA) is 18.5 Å². The molecular formula is C24H33N3S2. The molecular weight excluding hydrogens is 394 g/mol. The lowest BCUT2D eigenvalue weighted by Gasteiger charge is -2.39. The predicted octanol–water partition coefficient (Wildman–Crippen LogP) is 5.94. The van der Waals surface area contributed by atoms with E-state index >= 15 is 0 Å². The molecule has 3 nitrogen and oxygen atoms in total. The van der Waals surface area contributed by atoms with Gasteiger partial charge in [0.2, 0.25) is 0 Å². The van der Waals surface area contributed by atoms with E-state index in [1.807, 2.05) is 11.8 Å². The minimum Gasteiger partial charge on any atom is -0.376 e. The van der Waals surface area contributed by atoms with Crippen molar-refractivity contribution in [2.75, 3.05) is 31.1 Å². The lowest BCUT2D eigenvalue weighted by atomic mass is 10.1. The Labute approximate surface area is 185 Å². The van der Waals surface area contributed by atoms with E-state index in [1.54, 1.807) is 0 Å². The Morgan fingerprint density at radius 2 is 1.72 bits per heavy atom. The van der Waals surface area contributed by atoms with E-state index < -0.39 is 0 Å². The molecule has 0 aliphatic carbocycles. The summed E-state index contributed by atoms with van der Waals surface area (Å²) >= 11 is 7.54. The molecule has 0 aromatic heterocycles. The number of benzene rings is 2. The minimum absolute atomic E-state index is 0.364. The molecule has 2 aromatic carbocycles. The van der Waals surface area contributed by atoms with Gasteiger partial charge in [-0.1, -0.05) is 69.9 Å². The first-order valence-corrected chi connectivity index (χ1v) is 11.9. The molecule has 1 unspecified atom stereocenters. The van der Waals surface area contributed by atoms with Crippen LogP contribution in [0.15, 0.2) is 52.3 Å². The predicted molar refractivity (Wildman–Crippen MR) is 131 cm³/mol. The summed E-state index contributed by atoms with van der Waals surface area (Å²) in [6.45, 7) is 15.3. The van der Waals surface area contributed by atoms with Crippen LogP contribution in [0.3, 0.4) is 0 Å². The summed E-state index contributed by atoms with van der Waals surface area (Å²) in [7, 11) is 0. The van der Waals surface area contributed by atoms with E-state index in [0.29, 0.717) is 12.0 Å². The fraction of sp³-hybridized carbons (Fsp3) is 0.458. The summed E-state index contributed by atoms with van der Waals surface area (Å²) < 4.78 is 0. The molecule has 0 spiro atoms. The molecule has 0 saturated heterocycles. The van der Waals surface area contributed by atoms with Gasteiger partial charge in [0.25, 0.3) is 0 Å². The zero-order chi connectivity index (χ0) is 21.0. The van der Waals surface area contributed by atoms with Crippen LogP contribution in [0.4, 0.5) is 11.4 Å². The second kappa shape index (κ2) is 9.96. The standard InChI is InChI=1S/C24H33N3S2/c1-6-26(7-2)16-18(5)27-20-10-8-9-11-22(20)29-23-13-12-19(14-21(23)27)24(28)25-15-17(3)4/h8-14,17-18H,6-7,15-16H2,1-5H3,(H,25,28). The van der Waals surface area contributed by atoms with Crippen molar-refractivity contribution >= 4 is 40.3 Å². The highest BCUT2D eigenvalue weighted by atomic mass is 32.2. The molecule has 1 heterocycles. The molecule has 1 N–H and O–H groups in total. The largest absolute Gasteiger partial charge is 0.376 e. The molecule has 2 aromatic rings. The van der Waals surface area contributed by atoms with Crippen LogP contribution < -0.4 is 10.2 Å². The lowest BCUT2D eigenvalue weighted by Crippen LogP contribution is -2.41.